The molecule has 25 heavy (non-hydrogen) atoms. The average Bonchev–Trinajstić information content (AvgIpc) is 2.70. The van der Waals surface area contributed by atoms with Crippen LogP contribution >= 0.6 is 11.8 Å². The second kappa shape index (κ2) is 7.22. The highest BCUT2D eigenvalue weighted by molar-refractivity contribution is 7.99. The van der Waals surface area contributed by atoms with E-state index in [1.54, 1.807) is 0 Å². The van der Waals surface area contributed by atoms with Gasteiger partial charge in [-0.15, -0.1) is 0 Å². The number of aromatic hydroxyl groups is 1. The summed E-state index contributed by atoms with van der Waals surface area (Å²) >= 11 is 1.85. The van der Waals surface area contributed by atoms with E-state index in [1.165, 1.54) is 0 Å². The molecule has 1 aromatic carbocycles. The summed E-state index contributed by atoms with van der Waals surface area (Å²) in [5.41, 5.74) is 2.51. The summed E-state index contributed by atoms with van der Waals surface area (Å²) in [7, 11) is 0. The topological polar surface area (TPSA) is 57.5 Å². The van der Waals surface area contributed by atoms with Crippen LogP contribution in [0.4, 0.5) is 0 Å². The van der Waals surface area contributed by atoms with Gasteiger partial charge in [0.2, 0.25) is 0 Å². The first kappa shape index (κ1) is 20.2. The number of aliphatic carboxylic acids is 1. The molecule has 0 radical (unpaired) electrons. The van der Waals surface area contributed by atoms with E-state index in [0.717, 1.165) is 34.6 Å². The maximum Gasteiger partial charge on any atom is 0.307 e. The van der Waals surface area contributed by atoms with Crippen LogP contribution in [0.15, 0.2) is 12.1 Å². The Hall–Kier alpha value is -1.16. The third-order valence-electron chi connectivity index (χ3n) is 5.13. The smallest absolute Gasteiger partial charge is 0.307 e. The summed E-state index contributed by atoms with van der Waals surface area (Å²) in [4.78, 5) is 11.9. The monoisotopic (exact) mass is 364 g/mol. The Kier molecular flexibility index (Phi) is 5.82. The molecule has 1 aromatic rings. The first-order valence-corrected chi connectivity index (χ1v) is 10.3. The van der Waals surface area contributed by atoms with Crippen LogP contribution in [0.1, 0.15) is 77.0 Å². The number of hydrogen-bond acceptors (Lipinski definition) is 3. The highest BCUT2D eigenvalue weighted by Gasteiger charge is 2.34. The number of carbonyl (C=O) groups is 1. The van der Waals surface area contributed by atoms with E-state index in [0.29, 0.717) is 12.2 Å². The second-order valence-electron chi connectivity index (χ2n) is 9.21. The summed E-state index contributed by atoms with van der Waals surface area (Å²) in [6.45, 7) is 12.6. The Balaban J connectivity index is 2.65. The van der Waals surface area contributed by atoms with Crippen molar-refractivity contribution >= 4 is 17.7 Å². The van der Waals surface area contributed by atoms with Crippen molar-refractivity contribution in [3.05, 3.63) is 28.8 Å². The fraction of sp³-hybridized carbons (Fsp3) is 0.667. The molecule has 0 saturated carbocycles. The average molecular weight is 365 g/mol. The van der Waals surface area contributed by atoms with Crippen LogP contribution in [0.2, 0.25) is 0 Å². The van der Waals surface area contributed by atoms with Crippen molar-refractivity contribution in [2.24, 2.45) is 5.92 Å². The molecule has 0 aromatic heterocycles. The molecule has 4 heteroatoms. The fourth-order valence-electron chi connectivity index (χ4n) is 3.63. The molecule has 0 amide bonds. The predicted molar refractivity (Wildman–Crippen MR) is 106 cm³/mol. The van der Waals surface area contributed by atoms with Crippen molar-refractivity contribution in [2.75, 3.05) is 11.5 Å². The van der Waals surface area contributed by atoms with E-state index in [2.05, 4.69) is 53.7 Å². The molecule has 0 aliphatic carbocycles. The van der Waals surface area contributed by atoms with Crippen LogP contribution in [-0.2, 0) is 15.6 Å². The lowest BCUT2D eigenvalue weighted by atomic mass is 9.74. The van der Waals surface area contributed by atoms with Crippen LogP contribution in [0.25, 0.3) is 0 Å². The summed E-state index contributed by atoms with van der Waals surface area (Å²) in [5, 5.41) is 20.6. The van der Waals surface area contributed by atoms with Gasteiger partial charge < -0.3 is 10.2 Å². The highest BCUT2D eigenvalue weighted by atomic mass is 32.2. The Bertz CT molecular complexity index is 603. The van der Waals surface area contributed by atoms with Crippen molar-refractivity contribution in [2.45, 2.75) is 71.1 Å². The van der Waals surface area contributed by atoms with E-state index in [4.69, 9.17) is 0 Å². The molecule has 0 bridgehead atoms. The van der Waals surface area contributed by atoms with Crippen molar-refractivity contribution in [1.82, 2.24) is 0 Å². The number of phenols is 1. The number of rotatable bonds is 2. The van der Waals surface area contributed by atoms with Crippen molar-refractivity contribution in [3.8, 4) is 5.75 Å². The zero-order chi connectivity index (χ0) is 19.0. The van der Waals surface area contributed by atoms with Crippen LogP contribution in [0.3, 0.4) is 0 Å². The maximum atomic E-state index is 11.9. The molecular weight excluding hydrogens is 332 g/mol. The van der Waals surface area contributed by atoms with Gasteiger partial charge in [0.15, 0.2) is 0 Å². The number of hydrogen-bond donors (Lipinski definition) is 2. The molecule has 3 nitrogen and oxygen atoms in total. The first-order valence-electron chi connectivity index (χ1n) is 9.11. The minimum absolute atomic E-state index is 0.00954. The van der Waals surface area contributed by atoms with Gasteiger partial charge in [0.25, 0.3) is 0 Å². The molecule has 1 heterocycles. The van der Waals surface area contributed by atoms with E-state index in [-0.39, 0.29) is 22.7 Å². The van der Waals surface area contributed by atoms with Gasteiger partial charge in [0, 0.05) is 0 Å². The number of benzene rings is 1. The summed E-state index contributed by atoms with van der Waals surface area (Å²) in [5.74, 6) is 1.22. The van der Waals surface area contributed by atoms with Crippen LogP contribution < -0.4 is 0 Å². The predicted octanol–water partition coefficient (Wildman–Crippen LogP) is 5.30. The number of carboxylic acids is 1. The third kappa shape index (κ3) is 4.52. The van der Waals surface area contributed by atoms with Gasteiger partial charge in [0.1, 0.15) is 5.75 Å². The largest absolute Gasteiger partial charge is 0.507 e. The third-order valence-corrected chi connectivity index (χ3v) is 6.17. The Morgan fingerprint density at radius 2 is 1.48 bits per heavy atom. The van der Waals surface area contributed by atoms with Crippen molar-refractivity contribution in [1.29, 1.82) is 0 Å². The Morgan fingerprint density at radius 3 is 1.92 bits per heavy atom. The summed E-state index contributed by atoms with van der Waals surface area (Å²) < 4.78 is 0. The zero-order valence-corrected chi connectivity index (χ0v) is 17.2. The van der Waals surface area contributed by atoms with Gasteiger partial charge in [-0.25, -0.2) is 0 Å². The zero-order valence-electron chi connectivity index (χ0n) is 16.3. The Morgan fingerprint density at radius 1 is 1.00 bits per heavy atom. The van der Waals surface area contributed by atoms with Gasteiger partial charge >= 0.3 is 5.97 Å². The lowest BCUT2D eigenvalue weighted by Gasteiger charge is -2.31. The summed E-state index contributed by atoms with van der Waals surface area (Å²) in [6, 6.07) is 4.11. The van der Waals surface area contributed by atoms with Gasteiger partial charge in [-0.05, 0) is 57.8 Å². The second-order valence-corrected chi connectivity index (χ2v) is 10.4. The molecule has 2 unspecified atom stereocenters. The van der Waals surface area contributed by atoms with Gasteiger partial charge in [-0.3, -0.25) is 4.79 Å². The molecular formula is C21H32O3S. The number of phenolic OH excluding ortho intramolecular Hbond substituents is 1. The quantitative estimate of drug-likeness (QED) is 0.748. The molecule has 1 aliphatic heterocycles. The molecule has 140 valence electrons. The van der Waals surface area contributed by atoms with E-state index < -0.39 is 5.97 Å². The van der Waals surface area contributed by atoms with Crippen LogP contribution in [0, 0.1) is 5.92 Å². The highest BCUT2D eigenvalue weighted by Crippen LogP contribution is 2.44. The standard InChI is InChI=1S/C21H32O3S/c1-20(2,3)16-11-13(12-17(18(16)22)21(4,5)6)14-7-9-25-10-8-15(14)19(23)24/h11-12,14-15,22H,7-10H2,1-6H3,(H,23,24). The minimum Gasteiger partial charge on any atom is -0.507 e. The molecule has 1 fully saturated rings. The van der Waals surface area contributed by atoms with Crippen LogP contribution in [-0.4, -0.2) is 27.7 Å². The Labute approximate surface area is 156 Å². The first-order chi connectivity index (χ1) is 11.4. The van der Waals surface area contributed by atoms with Crippen molar-refractivity contribution < 1.29 is 15.0 Å². The van der Waals surface area contributed by atoms with Crippen molar-refractivity contribution in [3.63, 3.8) is 0 Å². The van der Waals surface area contributed by atoms with Gasteiger partial charge in [-0.1, -0.05) is 53.7 Å². The molecule has 2 rings (SSSR count). The molecule has 1 saturated heterocycles. The normalized spacial score (nSPS) is 22.5. The van der Waals surface area contributed by atoms with Crippen LogP contribution in [0.5, 0.6) is 5.75 Å². The van der Waals surface area contributed by atoms with E-state index >= 15 is 0 Å². The molecule has 2 N–H and O–H groups in total. The van der Waals surface area contributed by atoms with E-state index in [9.17, 15) is 15.0 Å². The minimum atomic E-state index is -0.699. The fourth-order valence-corrected chi connectivity index (χ4v) is 4.68. The number of thioether (sulfide) groups is 1. The molecule has 0 spiro atoms. The lowest BCUT2D eigenvalue weighted by Crippen LogP contribution is -2.24. The van der Waals surface area contributed by atoms with Gasteiger partial charge in [-0.2, -0.15) is 11.8 Å². The lowest BCUT2D eigenvalue weighted by molar-refractivity contribution is -0.142. The molecule has 1 aliphatic rings. The SMILES string of the molecule is CC(C)(C)c1cc(C2CCSCCC2C(=O)O)cc(C(C)(C)C)c1O. The van der Waals surface area contributed by atoms with E-state index in [1.807, 2.05) is 11.8 Å². The summed E-state index contributed by atoms with van der Waals surface area (Å²) in [6.07, 6.45) is 1.58. The molecule has 2 atom stereocenters. The number of carboxylic acid groups (broad SMARTS) is 1. The maximum absolute atomic E-state index is 11.9. The van der Waals surface area contributed by atoms with Gasteiger partial charge in [0.05, 0.1) is 5.92 Å².